The number of fused-ring (bicyclic) bond motifs is 9. The average Bonchev–Trinajstić information content (AvgIpc) is 3.76. The van der Waals surface area contributed by atoms with Gasteiger partial charge in [-0.05, 0) is 99.6 Å². The molecule has 2 aliphatic heterocycles. The van der Waals surface area contributed by atoms with Crippen molar-refractivity contribution in [3.05, 3.63) is 169 Å². The quantitative estimate of drug-likeness (QED) is 0.167. The maximum atomic E-state index is 2.55. The predicted molar refractivity (Wildman–Crippen MR) is 248 cm³/mol. The van der Waals surface area contributed by atoms with Crippen molar-refractivity contribution in [1.82, 2.24) is 4.57 Å². The molecule has 2 aromatic heterocycles. The summed E-state index contributed by atoms with van der Waals surface area (Å²) in [6.45, 7) is 13.8. The number of thiophene rings is 1. The molecule has 11 rings (SSSR count). The molecule has 2 aliphatic rings. The molecular weight excluding hydrogens is 709 g/mol. The highest BCUT2D eigenvalue weighted by molar-refractivity contribution is 7.33. The second-order valence-electron chi connectivity index (χ2n) is 17.8. The predicted octanol–water partition coefficient (Wildman–Crippen LogP) is 12.7. The van der Waals surface area contributed by atoms with Crippen LogP contribution in [0.5, 0.6) is 0 Å². The largest absolute Gasteiger partial charge is 0.311 e. The van der Waals surface area contributed by atoms with Gasteiger partial charge in [0.05, 0.1) is 16.7 Å². The fourth-order valence-corrected chi connectivity index (χ4v) is 10.8. The molecule has 0 bridgehead atoms. The molecule has 0 spiro atoms. The van der Waals surface area contributed by atoms with E-state index in [0.29, 0.717) is 0 Å². The summed E-state index contributed by atoms with van der Waals surface area (Å²) in [5.41, 5.74) is 16.4. The summed E-state index contributed by atoms with van der Waals surface area (Å²) in [7, 11) is 0. The highest BCUT2D eigenvalue weighted by Crippen LogP contribution is 2.48. The topological polar surface area (TPSA) is 11.4 Å². The minimum atomic E-state index is 0.0552. The van der Waals surface area contributed by atoms with Gasteiger partial charge in [-0.15, -0.1) is 11.3 Å². The second kappa shape index (κ2) is 12.2. The molecule has 276 valence electrons. The maximum Gasteiger partial charge on any atom is 0.264 e. The first-order valence-corrected chi connectivity index (χ1v) is 21.0. The van der Waals surface area contributed by atoms with E-state index in [4.69, 9.17) is 0 Å². The van der Waals surface area contributed by atoms with Crippen molar-refractivity contribution in [3.63, 3.8) is 0 Å². The van der Waals surface area contributed by atoms with E-state index >= 15 is 0 Å². The smallest absolute Gasteiger partial charge is 0.264 e. The molecule has 0 radical (unpaired) electrons. The lowest BCUT2D eigenvalue weighted by Gasteiger charge is -2.43. The van der Waals surface area contributed by atoms with E-state index in [1.165, 1.54) is 92.8 Å². The fraction of sp³-hybridized carbons (Fsp3) is 0.154. The Hall–Kier alpha value is -6.04. The molecule has 0 N–H and O–H groups in total. The molecule has 7 aromatic carbocycles. The van der Waals surface area contributed by atoms with Gasteiger partial charge in [-0.3, -0.25) is 0 Å². The first-order chi connectivity index (χ1) is 27.6. The summed E-state index contributed by atoms with van der Waals surface area (Å²) in [6, 6.07) is 59.4. The van der Waals surface area contributed by atoms with E-state index in [0.717, 1.165) is 5.69 Å². The summed E-state index contributed by atoms with van der Waals surface area (Å²) in [5, 5.41) is 3.85. The van der Waals surface area contributed by atoms with Gasteiger partial charge in [0.15, 0.2) is 0 Å². The molecule has 0 unspecified atom stereocenters. The van der Waals surface area contributed by atoms with Crippen molar-refractivity contribution in [2.24, 2.45) is 0 Å². The average molecular weight is 754 g/mol. The first-order valence-electron chi connectivity index (χ1n) is 20.1. The molecular formula is C52H44BN3S. The molecule has 0 aliphatic carbocycles. The van der Waals surface area contributed by atoms with Crippen molar-refractivity contribution < 1.29 is 0 Å². The van der Waals surface area contributed by atoms with Crippen molar-refractivity contribution in [3.8, 4) is 5.69 Å². The molecule has 5 heteroatoms. The van der Waals surface area contributed by atoms with Gasteiger partial charge in [-0.2, -0.15) is 0 Å². The lowest BCUT2D eigenvalue weighted by molar-refractivity contribution is 0.590. The Morgan fingerprint density at radius 2 is 0.965 bits per heavy atom. The number of hydrogen-bond donors (Lipinski definition) is 0. The molecule has 9 aromatic rings. The SMILES string of the molecule is CC(C)(C)c1ccc(N2c3cc(-n4c5ccccc5c5ccccc54)ccc3B3c4sc5ccccc5c4N(c4ccc(C(C)(C)C)cc4)c4cccc2c43)cc1. The lowest BCUT2D eigenvalue weighted by Crippen LogP contribution is -2.60. The van der Waals surface area contributed by atoms with E-state index in [9.17, 15) is 0 Å². The van der Waals surface area contributed by atoms with E-state index in [1.54, 1.807) is 0 Å². The number of nitrogens with zero attached hydrogens (tertiary/aromatic N) is 3. The number of para-hydroxylation sites is 2. The highest BCUT2D eigenvalue weighted by atomic mass is 32.1. The first kappa shape index (κ1) is 34.2. The van der Waals surface area contributed by atoms with Gasteiger partial charge < -0.3 is 14.4 Å². The van der Waals surface area contributed by atoms with Crippen molar-refractivity contribution in [2.75, 3.05) is 9.80 Å². The molecule has 0 amide bonds. The normalized spacial score (nSPS) is 13.7. The van der Waals surface area contributed by atoms with Crippen molar-refractivity contribution >= 4 is 99.8 Å². The molecule has 0 saturated carbocycles. The Labute approximate surface area is 339 Å². The summed E-state index contributed by atoms with van der Waals surface area (Å²) in [5.74, 6) is 0. The van der Waals surface area contributed by atoms with Crippen LogP contribution in [0.3, 0.4) is 0 Å². The maximum absolute atomic E-state index is 2.55. The number of rotatable bonds is 3. The zero-order valence-corrected chi connectivity index (χ0v) is 34.2. The van der Waals surface area contributed by atoms with E-state index in [-0.39, 0.29) is 17.5 Å². The van der Waals surface area contributed by atoms with Crippen LogP contribution in [0, 0.1) is 0 Å². The third-order valence-corrected chi connectivity index (χ3v) is 13.5. The summed E-state index contributed by atoms with van der Waals surface area (Å²) in [6.07, 6.45) is 0. The Kier molecular flexibility index (Phi) is 7.35. The molecule has 0 atom stereocenters. The minimum absolute atomic E-state index is 0.0552. The standard InChI is InChI=1S/C52H44BN3S/c1-51(2,3)33-22-26-35(27-23-33)54-44-19-13-20-45-48(44)53(41-31-30-37(32-46(41)54)55-42-17-10-7-14-38(42)39-15-8-11-18-43(39)55)50-49(40-16-9-12-21-47(40)57-50)56(45)36-28-24-34(25-29-36)52(4,5)6/h7-32H,1-6H3. The monoisotopic (exact) mass is 753 g/mol. The number of hydrogen-bond acceptors (Lipinski definition) is 3. The molecule has 3 nitrogen and oxygen atoms in total. The molecule has 57 heavy (non-hydrogen) atoms. The summed E-state index contributed by atoms with van der Waals surface area (Å²) < 4.78 is 5.16. The van der Waals surface area contributed by atoms with Crippen LogP contribution >= 0.6 is 11.3 Å². The lowest BCUT2D eigenvalue weighted by atomic mass is 9.36. The van der Waals surface area contributed by atoms with Gasteiger partial charge in [-0.1, -0.05) is 133 Å². The van der Waals surface area contributed by atoms with E-state index in [1.807, 2.05) is 11.3 Å². The Balaban J connectivity index is 1.20. The minimum Gasteiger partial charge on any atom is -0.311 e. The van der Waals surface area contributed by atoms with Gasteiger partial charge in [0.2, 0.25) is 0 Å². The zero-order valence-electron chi connectivity index (χ0n) is 33.3. The summed E-state index contributed by atoms with van der Waals surface area (Å²) in [4.78, 5) is 5.09. The van der Waals surface area contributed by atoms with Crippen LogP contribution in [0.25, 0.3) is 37.6 Å². The molecule has 4 heterocycles. The zero-order chi connectivity index (χ0) is 38.8. The Morgan fingerprint density at radius 1 is 0.456 bits per heavy atom. The number of anilines is 6. The van der Waals surface area contributed by atoms with Crippen molar-refractivity contribution in [2.45, 2.75) is 52.4 Å². The van der Waals surface area contributed by atoms with Crippen LogP contribution in [-0.4, -0.2) is 11.3 Å². The van der Waals surface area contributed by atoms with Gasteiger partial charge in [0, 0.05) is 59.8 Å². The van der Waals surface area contributed by atoms with Gasteiger partial charge in [0.1, 0.15) is 0 Å². The van der Waals surface area contributed by atoms with Crippen LogP contribution in [0.1, 0.15) is 52.7 Å². The Bertz CT molecular complexity index is 2990. The number of benzene rings is 7. The van der Waals surface area contributed by atoms with Crippen LogP contribution in [0.4, 0.5) is 34.1 Å². The highest BCUT2D eigenvalue weighted by Gasteiger charge is 2.45. The van der Waals surface area contributed by atoms with Crippen LogP contribution < -0.4 is 25.5 Å². The van der Waals surface area contributed by atoms with Crippen LogP contribution in [-0.2, 0) is 10.8 Å². The van der Waals surface area contributed by atoms with Gasteiger partial charge >= 0.3 is 0 Å². The molecule has 0 fully saturated rings. The van der Waals surface area contributed by atoms with Crippen LogP contribution in [0.15, 0.2) is 158 Å². The number of aromatic nitrogens is 1. The molecule has 0 saturated heterocycles. The Morgan fingerprint density at radius 3 is 1.56 bits per heavy atom. The van der Waals surface area contributed by atoms with Crippen molar-refractivity contribution in [1.29, 1.82) is 0 Å². The fourth-order valence-electron chi connectivity index (χ4n) is 9.46. The van der Waals surface area contributed by atoms with Gasteiger partial charge in [0.25, 0.3) is 6.71 Å². The van der Waals surface area contributed by atoms with E-state index in [2.05, 4.69) is 214 Å². The third kappa shape index (κ3) is 5.11. The third-order valence-electron chi connectivity index (χ3n) is 12.3. The van der Waals surface area contributed by atoms with Crippen LogP contribution in [0.2, 0.25) is 0 Å². The van der Waals surface area contributed by atoms with E-state index < -0.39 is 0 Å². The van der Waals surface area contributed by atoms with Gasteiger partial charge in [-0.25, -0.2) is 0 Å². The second-order valence-corrected chi connectivity index (χ2v) is 18.9. The summed E-state index contributed by atoms with van der Waals surface area (Å²) >= 11 is 1.95.